The van der Waals surface area contributed by atoms with Crippen molar-refractivity contribution in [3.63, 3.8) is 0 Å². The molecule has 0 radical (unpaired) electrons. The maximum Gasteiger partial charge on any atom is 0.187 e. The lowest BCUT2D eigenvalue weighted by Gasteiger charge is -2.11. The van der Waals surface area contributed by atoms with Crippen molar-refractivity contribution in [3.8, 4) is 0 Å². The Balaban J connectivity index is 2.04. The number of benzene rings is 1. The highest BCUT2D eigenvalue weighted by molar-refractivity contribution is 5.19. The van der Waals surface area contributed by atoms with Crippen LogP contribution in [0, 0.1) is 5.82 Å². The van der Waals surface area contributed by atoms with E-state index in [1.165, 1.54) is 6.07 Å². The molecule has 1 fully saturated rings. The van der Waals surface area contributed by atoms with Gasteiger partial charge >= 0.3 is 0 Å². The first-order valence-electron chi connectivity index (χ1n) is 4.93. The number of aliphatic hydroxyl groups excluding tert-OH is 1. The van der Waals surface area contributed by atoms with Crippen LogP contribution in [-0.4, -0.2) is 24.4 Å². The van der Waals surface area contributed by atoms with E-state index in [0.717, 1.165) is 0 Å². The first-order valence-corrected chi connectivity index (χ1v) is 4.93. The monoisotopic (exact) mass is 212 g/mol. The van der Waals surface area contributed by atoms with Crippen molar-refractivity contribution in [2.75, 3.05) is 13.2 Å². The van der Waals surface area contributed by atoms with Crippen molar-refractivity contribution in [1.29, 1.82) is 0 Å². The summed E-state index contributed by atoms with van der Waals surface area (Å²) in [5, 5.41) is 8.73. The van der Waals surface area contributed by atoms with Gasteiger partial charge in [0.05, 0.1) is 12.7 Å². The van der Waals surface area contributed by atoms with Gasteiger partial charge in [0.1, 0.15) is 5.82 Å². The van der Waals surface area contributed by atoms with Gasteiger partial charge in [-0.15, -0.1) is 0 Å². The summed E-state index contributed by atoms with van der Waals surface area (Å²) in [6.07, 6.45) is -0.257. The zero-order chi connectivity index (χ0) is 10.7. The fourth-order valence-electron chi connectivity index (χ4n) is 1.57. The van der Waals surface area contributed by atoms with E-state index in [2.05, 4.69) is 0 Å². The molecule has 0 bridgehead atoms. The molecule has 0 aromatic heterocycles. The molecule has 15 heavy (non-hydrogen) atoms. The second-order valence-electron chi connectivity index (χ2n) is 3.46. The normalized spacial score (nSPS) is 25.7. The summed E-state index contributed by atoms with van der Waals surface area (Å²) in [5.74, 6) is -0.327. The van der Waals surface area contributed by atoms with Crippen LogP contribution in [0.5, 0.6) is 0 Å². The zero-order valence-electron chi connectivity index (χ0n) is 8.23. The van der Waals surface area contributed by atoms with Gasteiger partial charge in [0.25, 0.3) is 0 Å². The van der Waals surface area contributed by atoms with E-state index in [-0.39, 0.29) is 18.5 Å². The van der Waals surface area contributed by atoms with E-state index in [9.17, 15) is 4.39 Å². The van der Waals surface area contributed by atoms with E-state index in [0.29, 0.717) is 18.6 Å². The predicted octanol–water partition coefficient (Wildman–Crippen LogP) is 1.62. The van der Waals surface area contributed by atoms with Crippen molar-refractivity contribution in [2.24, 2.45) is 0 Å². The van der Waals surface area contributed by atoms with Gasteiger partial charge in [0, 0.05) is 12.2 Å². The topological polar surface area (TPSA) is 38.7 Å². The predicted molar refractivity (Wildman–Crippen MR) is 51.7 cm³/mol. The summed E-state index contributed by atoms with van der Waals surface area (Å²) in [7, 11) is 0. The molecule has 0 spiro atoms. The number of ether oxygens (including phenoxy) is 2. The summed E-state index contributed by atoms with van der Waals surface area (Å²) in [4.78, 5) is 0. The number of hydrogen-bond donors (Lipinski definition) is 1. The highest BCUT2D eigenvalue weighted by Crippen LogP contribution is 2.29. The number of rotatable bonds is 3. The van der Waals surface area contributed by atoms with Gasteiger partial charge in [-0.25, -0.2) is 4.39 Å². The van der Waals surface area contributed by atoms with Gasteiger partial charge in [0.15, 0.2) is 6.29 Å². The van der Waals surface area contributed by atoms with Crippen molar-refractivity contribution < 1.29 is 19.0 Å². The highest BCUT2D eigenvalue weighted by atomic mass is 19.1. The van der Waals surface area contributed by atoms with E-state index < -0.39 is 6.29 Å². The minimum Gasteiger partial charge on any atom is -0.396 e. The maximum atomic E-state index is 13.3. The molecule has 82 valence electrons. The van der Waals surface area contributed by atoms with E-state index in [1.807, 2.05) is 0 Å². The number of halogens is 1. The Morgan fingerprint density at radius 1 is 1.40 bits per heavy atom. The van der Waals surface area contributed by atoms with E-state index in [4.69, 9.17) is 14.6 Å². The third kappa shape index (κ3) is 2.34. The molecular formula is C11H13FO3. The fourth-order valence-corrected chi connectivity index (χ4v) is 1.57. The quantitative estimate of drug-likeness (QED) is 0.827. The largest absolute Gasteiger partial charge is 0.396 e. The van der Waals surface area contributed by atoms with Gasteiger partial charge in [-0.1, -0.05) is 18.2 Å². The van der Waals surface area contributed by atoms with Crippen LogP contribution < -0.4 is 0 Å². The first kappa shape index (κ1) is 10.5. The van der Waals surface area contributed by atoms with Crippen molar-refractivity contribution in [3.05, 3.63) is 35.6 Å². The van der Waals surface area contributed by atoms with E-state index >= 15 is 0 Å². The summed E-state index contributed by atoms with van der Waals surface area (Å²) < 4.78 is 24.1. The Morgan fingerprint density at radius 3 is 2.93 bits per heavy atom. The van der Waals surface area contributed by atoms with Crippen molar-refractivity contribution >= 4 is 0 Å². The smallest absolute Gasteiger partial charge is 0.187 e. The van der Waals surface area contributed by atoms with Crippen LogP contribution in [0.15, 0.2) is 24.3 Å². The summed E-state index contributed by atoms with van der Waals surface area (Å²) >= 11 is 0. The van der Waals surface area contributed by atoms with Gasteiger partial charge in [-0.2, -0.15) is 0 Å². The average Bonchev–Trinajstić information content (AvgIpc) is 2.68. The zero-order valence-corrected chi connectivity index (χ0v) is 8.23. The highest BCUT2D eigenvalue weighted by Gasteiger charge is 2.28. The lowest BCUT2D eigenvalue weighted by molar-refractivity contribution is -0.0648. The standard InChI is InChI=1S/C11H13FO3/c12-10-4-2-1-3-9(10)11-14-7-8(15-11)5-6-13/h1-4,8,11,13H,5-7H2. The average molecular weight is 212 g/mol. The first-order chi connectivity index (χ1) is 7.31. The van der Waals surface area contributed by atoms with Gasteiger partial charge < -0.3 is 14.6 Å². The van der Waals surface area contributed by atoms with Crippen LogP contribution in [0.25, 0.3) is 0 Å². The Hall–Kier alpha value is -0.970. The van der Waals surface area contributed by atoms with Gasteiger partial charge in [-0.05, 0) is 12.5 Å². The molecule has 4 heteroatoms. The lowest BCUT2D eigenvalue weighted by atomic mass is 10.2. The van der Waals surface area contributed by atoms with Gasteiger partial charge in [0.2, 0.25) is 0 Å². The maximum absolute atomic E-state index is 13.3. The van der Waals surface area contributed by atoms with Crippen LogP contribution in [0.3, 0.4) is 0 Å². The fraction of sp³-hybridized carbons (Fsp3) is 0.455. The molecule has 0 aliphatic carbocycles. The minimum absolute atomic E-state index is 0.0536. The minimum atomic E-state index is -0.636. The molecule has 1 N–H and O–H groups in total. The van der Waals surface area contributed by atoms with E-state index in [1.54, 1.807) is 18.2 Å². The number of aliphatic hydroxyl groups is 1. The number of hydrogen-bond acceptors (Lipinski definition) is 3. The lowest BCUT2D eigenvalue weighted by Crippen LogP contribution is -2.11. The third-order valence-electron chi connectivity index (χ3n) is 2.36. The SMILES string of the molecule is OCCC1COC(c2ccccc2F)O1. The molecule has 1 aliphatic rings. The molecule has 1 saturated heterocycles. The molecule has 1 aliphatic heterocycles. The molecule has 0 amide bonds. The second-order valence-corrected chi connectivity index (χ2v) is 3.46. The van der Waals surface area contributed by atoms with Crippen LogP contribution >= 0.6 is 0 Å². The molecule has 0 saturated carbocycles. The summed E-state index contributed by atoms with van der Waals surface area (Å²) in [6, 6.07) is 6.38. The molecule has 3 nitrogen and oxygen atoms in total. The van der Waals surface area contributed by atoms with Crippen LogP contribution in [0.4, 0.5) is 4.39 Å². The van der Waals surface area contributed by atoms with Crippen LogP contribution in [-0.2, 0) is 9.47 Å². The molecule has 1 aromatic carbocycles. The van der Waals surface area contributed by atoms with Crippen LogP contribution in [0.1, 0.15) is 18.3 Å². The molecule has 2 atom stereocenters. The molecule has 1 aromatic rings. The molecular weight excluding hydrogens is 199 g/mol. The Kier molecular flexibility index (Phi) is 3.30. The second kappa shape index (κ2) is 4.70. The van der Waals surface area contributed by atoms with Gasteiger partial charge in [-0.3, -0.25) is 0 Å². The summed E-state index contributed by atoms with van der Waals surface area (Å²) in [6.45, 7) is 0.456. The Morgan fingerprint density at radius 2 is 2.20 bits per heavy atom. The van der Waals surface area contributed by atoms with Crippen molar-refractivity contribution in [1.82, 2.24) is 0 Å². The third-order valence-corrected chi connectivity index (χ3v) is 2.36. The Bertz CT molecular complexity index is 329. The van der Waals surface area contributed by atoms with Crippen molar-refractivity contribution in [2.45, 2.75) is 18.8 Å². The molecule has 2 unspecified atom stereocenters. The molecule has 1 heterocycles. The van der Waals surface area contributed by atoms with Crippen LogP contribution in [0.2, 0.25) is 0 Å². The molecule has 2 rings (SSSR count). The summed E-state index contributed by atoms with van der Waals surface area (Å²) in [5.41, 5.74) is 0.415. The Labute approximate surface area is 87.4 Å².